The van der Waals surface area contributed by atoms with Gasteiger partial charge >= 0.3 is 0 Å². The van der Waals surface area contributed by atoms with Gasteiger partial charge in [-0.2, -0.15) is 0 Å². The monoisotopic (exact) mass is 463 g/mol. The minimum atomic E-state index is -0.192. The molecule has 0 atom stereocenters. The van der Waals surface area contributed by atoms with Gasteiger partial charge in [0.15, 0.2) is 5.82 Å². The molecule has 0 bridgehead atoms. The van der Waals surface area contributed by atoms with Gasteiger partial charge in [-0.1, -0.05) is 13.8 Å². The number of halogens is 3. The average molecular weight is 466 g/mol. The summed E-state index contributed by atoms with van der Waals surface area (Å²) < 4.78 is 2.12. The summed E-state index contributed by atoms with van der Waals surface area (Å²) in [7, 11) is 0. The maximum Gasteiger partial charge on any atom is 0.265 e. The Balaban J connectivity index is 2.57. The fourth-order valence-corrected chi connectivity index (χ4v) is 3.25. The fourth-order valence-electron chi connectivity index (χ4n) is 1.73. The molecule has 0 aliphatic heterocycles. The van der Waals surface area contributed by atoms with E-state index < -0.39 is 0 Å². The molecule has 1 N–H and O–H groups in total. The molecular formula is C13H12Br3N3O. The standard InChI is InChI=1S/C13H12Br3N3O/c1-6(2)3-9-10(16)13(20)19-12(18-9)11-8(15)4-7(14)5-17-11/h4-6H,3H2,1-2H3,(H,18,19,20). The van der Waals surface area contributed by atoms with E-state index in [2.05, 4.69) is 76.6 Å². The molecule has 20 heavy (non-hydrogen) atoms. The Kier molecular flexibility index (Phi) is 5.14. The number of aromatic amines is 1. The van der Waals surface area contributed by atoms with Crippen molar-refractivity contribution in [2.45, 2.75) is 20.3 Å². The minimum Gasteiger partial charge on any atom is -0.304 e. The van der Waals surface area contributed by atoms with Gasteiger partial charge in [0, 0.05) is 15.1 Å². The molecule has 0 spiro atoms. The number of aromatic nitrogens is 3. The Morgan fingerprint density at radius 1 is 1.30 bits per heavy atom. The molecule has 0 amide bonds. The van der Waals surface area contributed by atoms with E-state index in [9.17, 15) is 4.79 Å². The molecule has 0 aliphatic rings. The number of nitrogens with one attached hydrogen (secondary N) is 1. The molecule has 0 saturated heterocycles. The Morgan fingerprint density at radius 3 is 2.60 bits per heavy atom. The number of hydrogen-bond donors (Lipinski definition) is 1. The maximum absolute atomic E-state index is 12.0. The molecule has 0 radical (unpaired) electrons. The van der Waals surface area contributed by atoms with Crippen molar-refractivity contribution in [3.63, 3.8) is 0 Å². The fraction of sp³-hybridized carbons (Fsp3) is 0.308. The summed E-state index contributed by atoms with van der Waals surface area (Å²) in [5, 5.41) is 0. The van der Waals surface area contributed by atoms with Crippen LogP contribution < -0.4 is 5.56 Å². The molecule has 0 unspecified atom stereocenters. The van der Waals surface area contributed by atoms with E-state index in [1.54, 1.807) is 6.20 Å². The first-order valence-electron chi connectivity index (χ1n) is 5.98. The van der Waals surface area contributed by atoms with Crippen LogP contribution in [0.2, 0.25) is 0 Å². The zero-order chi connectivity index (χ0) is 14.9. The van der Waals surface area contributed by atoms with Gasteiger partial charge in [0.1, 0.15) is 10.2 Å². The van der Waals surface area contributed by atoms with Crippen molar-refractivity contribution >= 4 is 47.8 Å². The van der Waals surface area contributed by atoms with Crippen molar-refractivity contribution in [2.75, 3.05) is 0 Å². The van der Waals surface area contributed by atoms with Gasteiger partial charge in [-0.05, 0) is 66.2 Å². The number of hydrogen-bond acceptors (Lipinski definition) is 3. The van der Waals surface area contributed by atoms with Gasteiger partial charge < -0.3 is 4.98 Å². The van der Waals surface area contributed by atoms with Crippen molar-refractivity contribution in [3.8, 4) is 11.5 Å². The van der Waals surface area contributed by atoms with Gasteiger partial charge in [0.05, 0.1) is 5.69 Å². The highest BCUT2D eigenvalue weighted by Crippen LogP contribution is 2.26. The molecule has 7 heteroatoms. The SMILES string of the molecule is CC(C)Cc1nc(-c2ncc(Br)cc2Br)[nH]c(=O)c1Br. The first-order valence-corrected chi connectivity index (χ1v) is 8.36. The predicted octanol–water partition coefficient (Wildman–Crippen LogP) is 4.32. The van der Waals surface area contributed by atoms with E-state index in [1.165, 1.54) is 0 Å². The second-order valence-electron chi connectivity index (χ2n) is 4.76. The van der Waals surface area contributed by atoms with Crippen LogP contribution in [0.25, 0.3) is 11.5 Å². The van der Waals surface area contributed by atoms with Crippen LogP contribution in [-0.2, 0) is 6.42 Å². The van der Waals surface area contributed by atoms with Gasteiger partial charge in [-0.15, -0.1) is 0 Å². The number of nitrogens with zero attached hydrogens (tertiary/aromatic N) is 2. The normalized spacial score (nSPS) is 11.1. The van der Waals surface area contributed by atoms with Crippen LogP contribution in [0, 0.1) is 5.92 Å². The number of rotatable bonds is 3. The van der Waals surface area contributed by atoms with Gasteiger partial charge in [-0.3, -0.25) is 9.78 Å². The van der Waals surface area contributed by atoms with Gasteiger partial charge in [0.2, 0.25) is 0 Å². The zero-order valence-electron chi connectivity index (χ0n) is 10.9. The highest BCUT2D eigenvalue weighted by molar-refractivity contribution is 9.11. The van der Waals surface area contributed by atoms with Crippen molar-refractivity contribution in [1.29, 1.82) is 0 Å². The highest BCUT2D eigenvalue weighted by Gasteiger charge is 2.14. The summed E-state index contributed by atoms with van der Waals surface area (Å²) in [6.07, 6.45) is 2.40. The van der Waals surface area contributed by atoms with E-state index in [1.807, 2.05) is 6.07 Å². The molecule has 0 saturated carbocycles. The zero-order valence-corrected chi connectivity index (χ0v) is 15.6. The predicted molar refractivity (Wildman–Crippen MR) is 89.7 cm³/mol. The molecule has 2 aromatic rings. The van der Waals surface area contributed by atoms with Crippen molar-refractivity contribution < 1.29 is 0 Å². The molecule has 106 valence electrons. The summed E-state index contributed by atoms with van der Waals surface area (Å²) in [5.41, 5.74) is 1.17. The Morgan fingerprint density at radius 2 is 2.00 bits per heavy atom. The third-order valence-corrected chi connectivity index (χ3v) is 4.42. The Labute approximate surface area is 141 Å². The lowest BCUT2D eigenvalue weighted by Gasteiger charge is -2.09. The van der Waals surface area contributed by atoms with Crippen LogP contribution in [0.1, 0.15) is 19.5 Å². The largest absolute Gasteiger partial charge is 0.304 e. The molecule has 2 heterocycles. The van der Waals surface area contributed by atoms with E-state index in [4.69, 9.17) is 0 Å². The van der Waals surface area contributed by atoms with E-state index in [-0.39, 0.29) is 5.56 Å². The summed E-state index contributed by atoms with van der Waals surface area (Å²) in [6, 6.07) is 1.87. The van der Waals surface area contributed by atoms with Crippen LogP contribution in [0.5, 0.6) is 0 Å². The summed E-state index contributed by atoms with van der Waals surface area (Å²) in [4.78, 5) is 23.6. The third-order valence-electron chi connectivity index (χ3n) is 2.57. The summed E-state index contributed by atoms with van der Waals surface area (Å²) >= 11 is 10.1. The van der Waals surface area contributed by atoms with E-state index in [0.29, 0.717) is 21.9 Å². The lowest BCUT2D eigenvalue weighted by atomic mass is 10.1. The smallest absolute Gasteiger partial charge is 0.265 e. The van der Waals surface area contributed by atoms with E-state index >= 15 is 0 Å². The van der Waals surface area contributed by atoms with Crippen molar-refractivity contribution in [1.82, 2.24) is 15.0 Å². The van der Waals surface area contributed by atoms with Crippen LogP contribution >= 0.6 is 47.8 Å². The summed E-state index contributed by atoms with van der Waals surface area (Å²) in [6.45, 7) is 4.17. The lowest BCUT2D eigenvalue weighted by Crippen LogP contribution is -2.15. The molecule has 0 fully saturated rings. The van der Waals surface area contributed by atoms with Crippen LogP contribution in [0.3, 0.4) is 0 Å². The minimum absolute atomic E-state index is 0.192. The maximum atomic E-state index is 12.0. The van der Waals surface area contributed by atoms with Gasteiger partial charge in [-0.25, -0.2) is 4.98 Å². The molecule has 0 aromatic carbocycles. The Bertz CT molecular complexity index is 698. The second-order valence-corrected chi connectivity index (χ2v) is 7.32. The van der Waals surface area contributed by atoms with E-state index in [0.717, 1.165) is 21.1 Å². The average Bonchev–Trinajstić information content (AvgIpc) is 2.34. The first-order chi connectivity index (χ1) is 9.38. The molecule has 4 nitrogen and oxygen atoms in total. The second kappa shape index (κ2) is 6.49. The number of H-pyrrole nitrogens is 1. The molecule has 2 aromatic heterocycles. The van der Waals surface area contributed by atoms with Crippen LogP contribution in [0.4, 0.5) is 0 Å². The first kappa shape index (κ1) is 15.9. The van der Waals surface area contributed by atoms with Crippen LogP contribution in [0.15, 0.2) is 30.5 Å². The lowest BCUT2D eigenvalue weighted by molar-refractivity contribution is 0.631. The molecule has 2 rings (SSSR count). The third kappa shape index (κ3) is 3.56. The van der Waals surface area contributed by atoms with Crippen molar-refractivity contribution in [3.05, 3.63) is 41.7 Å². The van der Waals surface area contributed by atoms with Crippen LogP contribution in [-0.4, -0.2) is 15.0 Å². The van der Waals surface area contributed by atoms with Gasteiger partial charge in [0.25, 0.3) is 5.56 Å². The number of pyridine rings is 1. The molecular weight excluding hydrogens is 454 g/mol. The summed E-state index contributed by atoms with van der Waals surface area (Å²) in [5.74, 6) is 0.878. The van der Waals surface area contributed by atoms with Crippen molar-refractivity contribution in [2.24, 2.45) is 5.92 Å². The highest BCUT2D eigenvalue weighted by atomic mass is 79.9. The topological polar surface area (TPSA) is 58.6 Å². The Hall–Kier alpha value is -0.530. The molecule has 0 aliphatic carbocycles. The quantitative estimate of drug-likeness (QED) is 0.734.